The molecule has 11 heteroatoms. The number of ether oxygens (including phenoxy) is 7. The normalized spacial score (nSPS) is 22.9. The molecule has 2 rings (SSSR count). The molecule has 206 valence electrons. The first-order valence-electron chi connectivity index (χ1n) is 12.3. The van der Waals surface area contributed by atoms with Crippen LogP contribution in [0.2, 0.25) is 0 Å². The summed E-state index contributed by atoms with van der Waals surface area (Å²) in [7, 11) is 0. The number of unbranched alkanes of at least 4 members (excludes halogenated alkanes) is 3. The van der Waals surface area contributed by atoms with Gasteiger partial charge in [-0.1, -0.05) is 26.2 Å². The maximum atomic E-state index is 11.9. The summed E-state index contributed by atoms with van der Waals surface area (Å²) in [6.45, 7) is 7.10. The maximum Gasteiger partial charge on any atom is 0.303 e. The first-order chi connectivity index (χ1) is 17.6. The third kappa shape index (κ3) is 10.3. The lowest BCUT2D eigenvalue weighted by Gasteiger charge is -2.43. The highest BCUT2D eigenvalue weighted by atomic mass is 16.7. The third-order valence-corrected chi connectivity index (χ3v) is 5.29. The Hall–Kier alpha value is -3.34. The first-order valence-corrected chi connectivity index (χ1v) is 12.3. The van der Waals surface area contributed by atoms with E-state index in [1.807, 2.05) is 0 Å². The maximum absolute atomic E-state index is 11.9. The third-order valence-electron chi connectivity index (χ3n) is 5.29. The number of esters is 4. The largest absolute Gasteiger partial charge is 0.494 e. The highest BCUT2D eigenvalue weighted by Crippen LogP contribution is 2.31. The highest BCUT2D eigenvalue weighted by molar-refractivity contribution is 5.68. The van der Waals surface area contributed by atoms with Crippen LogP contribution in [0.25, 0.3) is 0 Å². The lowest BCUT2D eigenvalue weighted by atomic mass is 9.98. The molecule has 11 nitrogen and oxygen atoms in total. The average molecular weight is 525 g/mol. The molecular formula is C26H36O11. The van der Waals surface area contributed by atoms with Crippen LogP contribution in [0.3, 0.4) is 0 Å². The molecule has 0 bridgehead atoms. The van der Waals surface area contributed by atoms with Crippen molar-refractivity contribution in [2.45, 2.75) is 91.0 Å². The molecule has 0 spiro atoms. The summed E-state index contributed by atoms with van der Waals surface area (Å²) in [4.78, 5) is 47.1. The van der Waals surface area contributed by atoms with E-state index in [0.717, 1.165) is 39.5 Å². The van der Waals surface area contributed by atoms with Crippen LogP contribution in [0.4, 0.5) is 0 Å². The molecule has 1 aliphatic heterocycles. The van der Waals surface area contributed by atoms with Crippen LogP contribution in [0, 0.1) is 0 Å². The predicted octanol–water partition coefficient (Wildman–Crippen LogP) is 3.11. The van der Waals surface area contributed by atoms with E-state index in [1.54, 1.807) is 24.3 Å². The van der Waals surface area contributed by atoms with Crippen molar-refractivity contribution in [1.29, 1.82) is 0 Å². The molecule has 5 atom stereocenters. The molecule has 0 aromatic heterocycles. The van der Waals surface area contributed by atoms with Gasteiger partial charge in [-0.25, -0.2) is 0 Å². The molecule has 1 fully saturated rings. The Morgan fingerprint density at radius 3 is 1.86 bits per heavy atom. The standard InChI is InChI=1S/C26H36O11/c1-6-7-8-9-14-31-20-10-12-21(13-11-20)36-26-25(35-19(5)30)24(34-18(4)29)23(33-17(3)28)22(37-26)15-32-16(2)27/h10-13,22-26H,6-9,14-15H2,1-5H3/t22-,23-,24-,25-,26-/m1/s1. The second-order valence-corrected chi connectivity index (χ2v) is 8.57. The van der Waals surface area contributed by atoms with Gasteiger partial charge in [0.1, 0.15) is 24.2 Å². The fourth-order valence-electron chi connectivity index (χ4n) is 3.75. The molecular weight excluding hydrogens is 488 g/mol. The van der Waals surface area contributed by atoms with Gasteiger partial charge < -0.3 is 33.2 Å². The lowest BCUT2D eigenvalue weighted by molar-refractivity contribution is -0.288. The van der Waals surface area contributed by atoms with Gasteiger partial charge in [-0.15, -0.1) is 0 Å². The molecule has 0 aliphatic carbocycles. The van der Waals surface area contributed by atoms with E-state index in [4.69, 9.17) is 33.2 Å². The van der Waals surface area contributed by atoms with E-state index in [9.17, 15) is 19.2 Å². The molecule has 1 heterocycles. The smallest absolute Gasteiger partial charge is 0.303 e. The monoisotopic (exact) mass is 524 g/mol. The van der Waals surface area contributed by atoms with Crippen LogP contribution in [-0.2, 0) is 42.9 Å². The Morgan fingerprint density at radius 2 is 1.30 bits per heavy atom. The van der Waals surface area contributed by atoms with Crippen LogP contribution in [0.15, 0.2) is 24.3 Å². The van der Waals surface area contributed by atoms with Crippen LogP contribution in [0.5, 0.6) is 11.5 Å². The minimum atomic E-state index is -1.30. The van der Waals surface area contributed by atoms with Crippen LogP contribution >= 0.6 is 0 Å². The van der Waals surface area contributed by atoms with Gasteiger partial charge >= 0.3 is 23.9 Å². The quantitative estimate of drug-likeness (QED) is 0.214. The molecule has 1 aliphatic rings. The lowest BCUT2D eigenvalue weighted by Crippen LogP contribution is -2.63. The van der Waals surface area contributed by atoms with Crippen LogP contribution < -0.4 is 9.47 Å². The molecule has 1 saturated heterocycles. The minimum absolute atomic E-state index is 0.331. The van der Waals surface area contributed by atoms with E-state index in [-0.39, 0.29) is 6.61 Å². The summed E-state index contributed by atoms with van der Waals surface area (Å²) in [6, 6.07) is 6.74. The molecule has 0 radical (unpaired) electrons. The van der Waals surface area contributed by atoms with Crippen molar-refractivity contribution in [1.82, 2.24) is 0 Å². The number of benzene rings is 1. The number of hydrogen-bond donors (Lipinski definition) is 0. The van der Waals surface area contributed by atoms with Crippen LogP contribution in [-0.4, -0.2) is 67.8 Å². The highest BCUT2D eigenvalue weighted by Gasteiger charge is 2.53. The van der Waals surface area contributed by atoms with Crippen molar-refractivity contribution >= 4 is 23.9 Å². The van der Waals surface area contributed by atoms with E-state index in [2.05, 4.69) is 6.92 Å². The number of carbonyl (C=O) groups excluding carboxylic acids is 4. The second-order valence-electron chi connectivity index (χ2n) is 8.57. The zero-order chi connectivity index (χ0) is 27.4. The Labute approximate surface area is 216 Å². The molecule has 1 aromatic rings. The molecule has 1 aromatic carbocycles. The van der Waals surface area contributed by atoms with Crippen molar-refractivity contribution in [2.24, 2.45) is 0 Å². The Kier molecular flexibility index (Phi) is 12.1. The van der Waals surface area contributed by atoms with Gasteiger partial charge in [-0.3, -0.25) is 19.2 Å². The zero-order valence-corrected chi connectivity index (χ0v) is 21.9. The minimum Gasteiger partial charge on any atom is -0.494 e. The van der Waals surface area contributed by atoms with Gasteiger partial charge in [0, 0.05) is 27.7 Å². The molecule has 0 N–H and O–H groups in total. The second kappa shape index (κ2) is 15.0. The van der Waals surface area contributed by atoms with Crippen molar-refractivity contribution in [3.63, 3.8) is 0 Å². The first kappa shape index (κ1) is 29.9. The van der Waals surface area contributed by atoms with Gasteiger partial charge in [0.2, 0.25) is 12.4 Å². The summed E-state index contributed by atoms with van der Waals surface area (Å²) in [5, 5.41) is 0. The van der Waals surface area contributed by atoms with Crippen molar-refractivity contribution < 1.29 is 52.3 Å². The van der Waals surface area contributed by atoms with Crippen LogP contribution in [0.1, 0.15) is 60.3 Å². The van der Waals surface area contributed by atoms with E-state index in [1.165, 1.54) is 13.8 Å². The summed E-state index contributed by atoms with van der Waals surface area (Å²) < 4.78 is 38.8. The predicted molar refractivity (Wildman–Crippen MR) is 129 cm³/mol. The summed E-state index contributed by atoms with van der Waals surface area (Å²) >= 11 is 0. The van der Waals surface area contributed by atoms with Gasteiger partial charge in [0.15, 0.2) is 12.2 Å². The summed E-state index contributed by atoms with van der Waals surface area (Å²) in [5.74, 6) is -1.72. The average Bonchev–Trinajstić information content (AvgIpc) is 2.81. The molecule has 0 saturated carbocycles. The zero-order valence-electron chi connectivity index (χ0n) is 21.9. The number of rotatable bonds is 13. The number of carbonyl (C=O) groups is 4. The fourth-order valence-corrected chi connectivity index (χ4v) is 3.75. The van der Waals surface area contributed by atoms with Gasteiger partial charge in [0.05, 0.1) is 6.61 Å². The molecule has 37 heavy (non-hydrogen) atoms. The Bertz CT molecular complexity index is 898. The van der Waals surface area contributed by atoms with Gasteiger partial charge in [0.25, 0.3) is 0 Å². The Balaban J connectivity index is 2.26. The van der Waals surface area contributed by atoms with Crippen molar-refractivity contribution in [3.05, 3.63) is 24.3 Å². The van der Waals surface area contributed by atoms with E-state index >= 15 is 0 Å². The van der Waals surface area contributed by atoms with Crippen molar-refractivity contribution in [2.75, 3.05) is 13.2 Å². The van der Waals surface area contributed by atoms with E-state index in [0.29, 0.717) is 18.1 Å². The SMILES string of the molecule is CCCCCCOc1ccc(O[C@@H]2O[C@H](COC(C)=O)[C@@H](OC(C)=O)[C@@H](OC(C)=O)[C@H]2OC(C)=O)cc1. The van der Waals surface area contributed by atoms with Gasteiger partial charge in [-0.2, -0.15) is 0 Å². The summed E-state index contributed by atoms with van der Waals surface area (Å²) in [5.41, 5.74) is 0. The Morgan fingerprint density at radius 1 is 0.730 bits per heavy atom. The summed E-state index contributed by atoms with van der Waals surface area (Å²) in [6.07, 6.45) is -1.85. The topological polar surface area (TPSA) is 133 Å². The fraction of sp³-hybridized carbons (Fsp3) is 0.615. The van der Waals surface area contributed by atoms with Crippen molar-refractivity contribution in [3.8, 4) is 11.5 Å². The molecule has 0 unspecified atom stereocenters. The van der Waals surface area contributed by atoms with E-state index < -0.39 is 54.6 Å². The number of hydrogen-bond acceptors (Lipinski definition) is 11. The molecule has 0 amide bonds. The van der Waals surface area contributed by atoms with Gasteiger partial charge in [-0.05, 0) is 30.7 Å².